The van der Waals surface area contributed by atoms with Crippen molar-refractivity contribution in [2.24, 2.45) is 10.8 Å². The Morgan fingerprint density at radius 1 is 0.609 bits per heavy atom. The molecule has 0 bridgehead atoms. The Morgan fingerprint density at radius 2 is 0.957 bits per heavy atom. The normalized spacial score (nSPS) is 15.7. The van der Waals surface area contributed by atoms with Crippen molar-refractivity contribution in [3.63, 3.8) is 0 Å². The van der Waals surface area contributed by atoms with E-state index in [4.69, 9.17) is 4.74 Å². The predicted molar refractivity (Wildman–Crippen MR) is 105 cm³/mol. The lowest BCUT2D eigenvalue weighted by atomic mass is 9.78. The second-order valence-electron chi connectivity index (χ2n) is 8.79. The first-order valence-corrected chi connectivity index (χ1v) is 10.4. The summed E-state index contributed by atoms with van der Waals surface area (Å²) in [5.41, 5.74) is 0.557. The van der Waals surface area contributed by atoms with Gasteiger partial charge in [-0.25, -0.2) is 0 Å². The summed E-state index contributed by atoms with van der Waals surface area (Å²) in [4.78, 5) is 0. The molecule has 0 fully saturated rings. The first-order valence-electron chi connectivity index (χ1n) is 10.4. The third-order valence-electron chi connectivity index (χ3n) is 6.03. The zero-order valence-electron chi connectivity index (χ0n) is 17.6. The van der Waals surface area contributed by atoms with Crippen LogP contribution in [0.5, 0.6) is 0 Å². The molecule has 0 aromatic heterocycles. The molecular formula is C22H46O. The minimum absolute atomic E-state index is 0.278. The molecule has 0 amide bonds. The number of hydrogen-bond donors (Lipinski definition) is 0. The number of ether oxygens (including phenoxy) is 1. The molecule has 0 rings (SSSR count). The summed E-state index contributed by atoms with van der Waals surface area (Å²) in [5, 5.41) is 0. The molecule has 2 unspecified atom stereocenters. The molecule has 0 aliphatic heterocycles. The van der Waals surface area contributed by atoms with Gasteiger partial charge in [-0.3, -0.25) is 0 Å². The first kappa shape index (κ1) is 23.0. The van der Waals surface area contributed by atoms with E-state index < -0.39 is 0 Å². The van der Waals surface area contributed by atoms with E-state index in [9.17, 15) is 0 Å². The van der Waals surface area contributed by atoms with E-state index in [1.54, 1.807) is 0 Å². The van der Waals surface area contributed by atoms with Crippen LogP contribution in [0.15, 0.2) is 0 Å². The molecular weight excluding hydrogens is 280 g/mol. The second kappa shape index (κ2) is 11.5. The molecule has 0 radical (unpaired) electrons. The molecule has 0 heterocycles. The van der Waals surface area contributed by atoms with Crippen LogP contribution in [0.2, 0.25) is 0 Å². The van der Waals surface area contributed by atoms with Crippen LogP contribution in [-0.2, 0) is 4.74 Å². The van der Waals surface area contributed by atoms with E-state index in [1.165, 1.54) is 64.2 Å². The minimum atomic E-state index is 0.278. The third kappa shape index (κ3) is 8.57. The number of rotatable bonds is 14. The van der Waals surface area contributed by atoms with Gasteiger partial charge in [-0.05, 0) is 36.5 Å². The highest BCUT2D eigenvalue weighted by Gasteiger charge is 2.35. The Balaban J connectivity index is 5.00. The van der Waals surface area contributed by atoms with Crippen molar-refractivity contribution in [3.05, 3.63) is 0 Å². The number of unbranched alkanes of at least 4 members (excludes halogenated alkanes) is 4. The van der Waals surface area contributed by atoms with Crippen molar-refractivity contribution in [1.82, 2.24) is 0 Å². The smallest absolute Gasteiger partial charge is 0.0629 e. The Bertz CT molecular complexity index is 252. The van der Waals surface area contributed by atoms with E-state index in [-0.39, 0.29) is 10.8 Å². The van der Waals surface area contributed by atoms with Crippen molar-refractivity contribution in [3.8, 4) is 0 Å². The fourth-order valence-electron chi connectivity index (χ4n) is 3.10. The third-order valence-corrected chi connectivity index (χ3v) is 6.03. The molecule has 0 aromatic rings. The summed E-state index contributed by atoms with van der Waals surface area (Å²) in [5.74, 6) is 0. The van der Waals surface area contributed by atoms with Gasteiger partial charge in [0, 0.05) is 0 Å². The van der Waals surface area contributed by atoms with Gasteiger partial charge in [-0.15, -0.1) is 0 Å². The van der Waals surface area contributed by atoms with E-state index in [0.717, 1.165) is 0 Å². The van der Waals surface area contributed by atoms with E-state index in [0.29, 0.717) is 12.2 Å². The topological polar surface area (TPSA) is 9.23 Å². The molecule has 1 nitrogen and oxygen atoms in total. The highest BCUT2D eigenvalue weighted by atomic mass is 16.5. The molecule has 0 aliphatic rings. The van der Waals surface area contributed by atoms with Crippen molar-refractivity contribution in [1.29, 1.82) is 0 Å². The first-order chi connectivity index (χ1) is 10.7. The van der Waals surface area contributed by atoms with Gasteiger partial charge in [-0.1, -0.05) is 93.9 Å². The van der Waals surface area contributed by atoms with Gasteiger partial charge in [0.05, 0.1) is 12.2 Å². The maximum Gasteiger partial charge on any atom is 0.0629 e. The fraction of sp³-hybridized carbons (Fsp3) is 1.00. The van der Waals surface area contributed by atoms with E-state index >= 15 is 0 Å². The molecule has 0 spiro atoms. The highest BCUT2D eigenvalue weighted by molar-refractivity contribution is 4.84. The SMILES string of the molecule is CCCCCC(OC(CCCCC)C(C)(C)CC)C(C)(C)CC. The molecule has 2 atom stereocenters. The summed E-state index contributed by atoms with van der Waals surface area (Å²) >= 11 is 0. The second-order valence-corrected chi connectivity index (χ2v) is 8.79. The summed E-state index contributed by atoms with van der Waals surface area (Å²) in [6.07, 6.45) is 13.5. The van der Waals surface area contributed by atoms with Gasteiger partial charge < -0.3 is 4.74 Å². The van der Waals surface area contributed by atoms with Gasteiger partial charge in [0.25, 0.3) is 0 Å². The molecule has 0 aliphatic carbocycles. The van der Waals surface area contributed by atoms with Crippen LogP contribution in [0, 0.1) is 10.8 Å². The molecule has 0 saturated carbocycles. The Morgan fingerprint density at radius 3 is 1.22 bits per heavy atom. The van der Waals surface area contributed by atoms with Crippen LogP contribution in [0.4, 0.5) is 0 Å². The van der Waals surface area contributed by atoms with Crippen LogP contribution in [-0.4, -0.2) is 12.2 Å². The number of hydrogen-bond acceptors (Lipinski definition) is 1. The molecule has 0 N–H and O–H groups in total. The quantitative estimate of drug-likeness (QED) is 0.296. The van der Waals surface area contributed by atoms with Crippen molar-refractivity contribution >= 4 is 0 Å². The van der Waals surface area contributed by atoms with Crippen molar-refractivity contribution < 1.29 is 4.74 Å². The van der Waals surface area contributed by atoms with Crippen LogP contribution in [0.1, 0.15) is 120 Å². The predicted octanol–water partition coefficient (Wildman–Crippen LogP) is 7.77. The van der Waals surface area contributed by atoms with Gasteiger partial charge in [-0.2, -0.15) is 0 Å². The maximum absolute atomic E-state index is 6.86. The molecule has 140 valence electrons. The highest BCUT2D eigenvalue weighted by Crippen LogP contribution is 2.38. The average molecular weight is 327 g/mol. The monoisotopic (exact) mass is 326 g/mol. The Labute approximate surface area is 148 Å². The summed E-state index contributed by atoms with van der Waals surface area (Å²) in [7, 11) is 0. The van der Waals surface area contributed by atoms with Crippen LogP contribution >= 0.6 is 0 Å². The Hall–Kier alpha value is -0.0400. The van der Waals surface area contributed by atoms with Gasteiger partial charge >= 0.3 is 0 Å². The molecule has 1 heteroatoms. The molecule has 0 aromatic carbocycles. The van der Waals surface area contributed by atoms with Gasteiger partial charge in [0.15, 0.2) is 0 Å². The summed E-state index contributed by atoms with van der Waals surface area (Å²) in [6.45, 7) is 18.8. The average Bonchev–Trinajstić information content (AvgIpc) is 2.52. The fourth-order valence-corrected chi connectivity index (χ4v) is 3.10. The summed E-state index contributed by atoms with van der Waals surface area (Å²) in [6, 6.07) is 0. The lowest BCUT2D eigenvalue weighted by Gasteiger charge is -2.42. The van der Waals surface area contributed by atoms with Crippen LogP contribution < -0.4 is 0 Å². The van der Waals surface area contributed by atoms with Crippen LogP contribution in [0.3, 0.4) is 0 Å². The lowest BCUT2D eigenvalue weighted by Crippen LogP contribution is -2.41. The zero-order chi connectivity index (χ0) is 17.9. The largest absolute Gasteiger partial charge is 0.374 e. The molecule has 23 heavy (non-hydrogen) atoms. The van der Waals surface area contributed by atoms with Crippen LogP contribution in [0.25, 0.3) is 0 Å². The zero-order valence-corrected chi connectivity index (χ0v) is 17.6. The minimum Gasteiger partial charge on any atom is -0.374 e. The van der Waals surface area contributed by atoms with Crippen molar-refractivity contribution in [2.75, 3.05) is 0 Å². The Kier molecular flexibility index (Phi) is 11.5. The van der Waals surface area contributed by atoms with Gasteiger partial charge in [0.2, 0.25) is 0 Å². The maximum atomic E-state index is 6.86. The lowest BCUT2D eigenvalue weighted by molar-refractivity contribution is -0.123. The standard InChI is InChI=1S/C22H46O/c1-9-13-15-17-19(21(5,6)11-3)23-20(18-16-14-10-2)22(7,8)12-4/h19-20H,9-18H2,1-8H3. The van der Waals surface area contributed by atoms with E-state index in [2.05, 4.69) is 55.4 Å². The van der Waals surface area contributed by atoms with Crippen molar-refractivity contribution in [2.45, 2.75) is 132 Å². The summed E-state index contributed by atoms with van der Waals surface area (Å²) < 4.78 is 6.86. The van der Waals surface area contributed by atoms with E-state index in [1.807, 2.05) is 0 Å². The van der Waals surface area contributed by atoms with Gasteiger partial charge in [0.1, 0.15) is 0 Å². The molecule has 0 saturated heterocycles.